The number of rotatable bonds is 5. The van der Waals surface area contributed by atoms with Gasteiger partial charge in [-0.25, -0.2) is 4.79 Å². The van der Waals surface area contributed by atoms with E-state index in [2.05, 4.69) is 18.2 Å². The lowest BCUT2D eigenvalue weighted by Crippen LogP contribution is -2.05. The lowest BCUT2D eigenvalue weighted by molar-refractivity contribution is -0.137. The molecule has 64 valence electrons. The Morgan fingerprint density at radius 3 is 2.73 bits per heavy atom. The first-order valence-corrected chi connectivity index (χ1v) is 4.16. The van der Waals surface area contributed by atoms with Gasteiger partial charge in [0.05, 0.1) is 0 Å². The van der Waals surface area contributed by atoms with Crippen LogP contribution >= 0.6 is 11.6 Å². The lowest BCUT2D eigenvalue weighted by Gasteiger charge is -2.02. The molecule has 0 aromatic heterocycles. The Bertz CT molecular complexity index is 143. The van der Waals surface area contributed by atoms with Crippen molar-refractivity contribution in [3.05, 3.63) is 12.2 Å². The number of hydrogen-bond acceptors (Lipinski definition) is 2. The minimum atomic E-state index is -0.381. The Hall–Kier alpha value is -0.500. The van der Waals surface area contributed by atoms with Crippen LogP contribution in [0.25, 0.3) is 0 Å². The van der Waals surface area contributed by atoms with Gasteiger partial charge in [0.2, 0.25) is 0 Å². The van der Waals surface area contributed by atoms with E-state index in [4.69, 9.17) is 11.6 Å². The van der Waals surface area contributed by atoms with Crippen molar-refractivity contribution < 1.29 is 9.53 Å². The first kappa shape index (κ1) is 10.5. The fourth-order valence-corrected chi connectivity index (χ4v) is 0.743. The minimum Gasteiger partial charge on any atom is -0.446 e. The van der Waals surface area contributed by atoms with Crippen LogP contribution in [0.15, 0.2) is 12.2 Å². The van der Waals surface area contributed by atoms with Gasteiger partial charge < -0.3 is 4.74 Å². The maximum Gasteiger partial charge on any atom is 0.334 e. The van der Waals surface area contributed by atoms with Gasteiger partial charge in [0, 0.05) is 5.57 Å². The second-order valence-corrected chi connectivity index (χ2v) is 2.47. The molecule has 0 aliphatic heterocycles. The zero-order valence-electron chi connectivity index (χ0n) is 6.73. The summed E-state index contributed by atoms with van der Waals surface area (Å²) in [5.74, 6) is -0.381. The fourth-order valence-electron chi connectivity index (χ4n) is 0.644. The number of halogens is 1. The highest BCUT2D eigenvalue weighted by atomic mass is 35.5. The Balaban J connectivity index is 3.56. The van der Waals surface area contributed by atoms with Gasteiger partial charge >= 0.3 is 5.97 Å². The van der Waals surface area contributed by atoms with Crippen LogP contribution < -0.4 is 0 Å². The van der Waals surface area contributed by atoms with Gasteiger partial charge in [-0.1, -0.05) is 31.5 Å². The molecule has 2 nitrogen and oxygen atoms in total. The Labute approximate surface area is 72.2 Å². The summed E-state index contributed by atoms with van der Waals surface area (Å²) in [6, 6.07) is -0.0933. The lowest BCUT2D eigenvalue weighted by atomic mass is 10.1. The molecule has 0 spiro atoms. The Morgan fingerprint density at radius 2 is 2.27 bits per heavy atom. The van der Waals surface area contributed by atoms with Crippen LogP contribution in [0, 0.1) is 0 Å². The molecule has 0 heterocycles. The standard InChI is InChI=1S/C8H13ClO2/c1-3-4-5-7(2)8(10)11-6-9/h2-6H2,1H3. The van der Waals surface area contributed by atoms with Crippen molar-refractivity contribution in [2.75, 3.05) is 6.07 Å². The van der Waals surface area contributed by atoms with Gasteiger partial charge in [0.1, 0.15) is 0 Å². The number of ether oxygens (including phenoxy) is 1. The van der Waals surface area contributed by atoms with E-state index in [-0.39, 0.29) is 12.0 Å². The van der Waals surface area contributed by atoms with Crippen molar-refractivity contribution in [2.24, 2.45) is 0 Å². The molecular formula is C8H13ClO2. The third-order valence-corrected chi connectivity index (χ3v) is 1.42. The van der Waals surface area contributed by atoms with Crippen molar-refractivity contribution in [2.45, 2.75) is 26.2 Å². The third-order valence-electron chi connectivity index (χ3n) is 1.31. The van der Waals surface area contributed by atoms with Crippen LogP contribution in [0.3, 0.4) is 0 Å². The highest BCUT2D eigenvalue weighted by Gasteiger charge is 2.05. The largest absolute Gasteiger partial charge is 0.446 e. The molecule has 0 unspecified atom stereocenters. The van der Waals surface area contributed by atoms with Crippen LogP contribution in [0.1, 0.15) is 26.2 Å². The topological polar surface area (TPSA) is 26.3 Å². The van der Waals surface area contributed by atoms with Crippen molar-refractivity contribution in [1.29, 1.82) is 0 Å². The second-order valence-electron chi connectivity index (χ2n) is 2.25. The summed E-state index contributed by atoms with van der Waals surface area (Å²) < 4.78 is 4.53. The fraction of sp³-hybridized carbons (Fsp3) is 0.625. The summed E-state index contributed by atoms with van der Waals surface area (Å²) in [6.07, 6.45) is 2.72. The van der Waals surface area contributed by atoms with Gasteiger partial charge in [0.25, 0.3) is 0 Å². The molecule has 0 saturated heterocycles. The van der Waals surface area contributed by atoms with Crippen LogP contribution in [-0.2, 0) is 9.53 Å². The van der Waals surface area contributed by atoms with E-state index < -0.39 is 0 Å². The van der Waals surface area contributed by atoms with Crippen LogP contribution in [-0.4, -0.2) is 12.0 Å². The summed E-state index contributed by atoms with van der Waals surface area (Å²) in [6.45, 7) is 5.63. The SMILES string of the molecule is C=C(CCCC)C(=O)OCCl. The highest BCUT2D eigenvalue weighted by Crippen LogP contribution is 2.06. The zero-order chi connectivity index (χ0) is 8.69. The summed E-state index contributed by atoms with van der Waals surface area (Å²) in [5.41, 5.74) is 0.507. The van der Waals surface area contributed by atoms with Crippen molar-refractivity contribution in [3.63, 3.8) is 0 Å². The van der Waals surface area contributed by atoms with Gasteiger partial charge in [-0.3, -0.25) is 0 Å². The van der Waals surface area contributed by atoms with E-state index in [9.17, 15) is 4.79 Å². The van der Waals surface area contributed by atoms with E-state index in [0.29, 0.717) is 12.0 Å². The number of alkyl halides is 1. The molecule has 0 bridgehead atoms. The number of carbonyl (C=O) groups is 1. The van der Waals surface area contributed by atoms with Gasteiger partial charge in [-0.05, 0) is 12.8 Å². The van der Waals surface area contributed by atoms with E-state index >= 15 is 0 Å². The van der Waals surface area contributed by atoms with Crippen LogP contribution in [0.2, 0.25) is 0 Å². The van der Waals surface area contributed by atoms with E-state index in [0.717, 1.165) is 12.8 Å². The van der Waals surface area contributed by atoms with Gasteiger partial charge in [-0.15, -0.1) is 0 Å². The predicted octanol–water partition coefficient (Wildman–Crippen LogP) is 2.47. The second kappa shape index (κ2) is 6.23. The molecule has 0 atom stereocenters. The average molecular weight is 177 g/mol. The highest BCUT2D eigenvalue weighted by molar-refractivity contribution is 6.17. The number of hydrogen-bond donors (Lipinski definition) is 0. The molecule has 0 aromatic carbocycles. The van der Waals surface area contributed by atoms with Crippen LogP contribution in [0.4, 0.5) is 0 Å². The van der Waals surface area contributed by atoms with Gasteiger partial charge in [0.15, 0.2) is 6.07 Å². The molecule has 0 saturated carbocycles. The molecule has 0 N–H and O–H groups in total. The molecule has 3 heteroatoms. The van der Waals surface area contributed by atoms with E-state index in [1.165, 1.54) is 0 Å². The molecule has 0 amide bonds. The average Bonchev–Trinajstić information content (AvgIpc) is 2.00. The molecule has 0 aliphatic rings. The number of esters is 1. The zero-order valence-corrected chi connectivity index (χ0v) is 7.49. The molecule has 0 aromatic rings. The molecule has 0 rings (SSSR count). The van der Waals surface area contributed by atoms with E-state index in [1.807, 2.05) is 0 Å². The van der Waals surface area contributed by atoms with Crippen LogP contribution in [0.5, 0.6) is 0 Å². The quantitative estimate of drug-likeness (QED) is 0.366. The third kappa shape index (κ3) is 4.85. The van der Waals surface area contributed by atoms with Crippen molar-refractivity contribution >= 4 is 17.6 Å². The summed E-state index contributed by atoms with van der Waals surface area (Å²) >= 11 is 5.19. The maximum absolute atomic E-state index is 10.8. The maximum atomic E-state index is 10.8. The number of unbranched alkanes of at least 4 members (excludes halogenated alkanes) is 1. The Kier molecular flexibility index (Phi) is 5.94. The normalized spacial score (nSPS) is 9.27. The van der Waals surface area contributed by atoms with Gasteiger partial charge in [-0.2, -0.15) is 0 Å². The first-order chi connectivity index (χ1) is 5.22. The smallest absolute Gasteiger partial charge is 0.334 e. The van der Waals surface area contributed by atoms with Crippen molar-refractivity contribution in [3.8, 4) is 0 Å². The molecular weight excluding hydrogens is 164 g/mol. The molecule has 11 heavy (non-hydrogen) atoms. The first-order valence-electron chi connectivity index (χ1n) is 3.63. The monoisotopic (exact) mass is 176 g/mol. The van der Waals surface area contributed by atoms with E-state index in [1.54, 1.807) is 0 Å². The van der Waals surface area contributed by atoms with Crippen molar-refractivity contribution in [1.82, 2.24) is 0 Å². The molecule has 0 fully saturated rings. The summed E-state index contributed by atoms with van der Waals surface area (Å²) in [7, 11) is 0. The Morgan fingerprint density at radius 1 is 1.64 bits per heavy atom. The summed E-state index contributed by atoms with van der Waals surface area (Å²) in [5, 5.41) is 0. The summed E-state index contributed by atoms with van der Waals surface area (Å²) in [4.78, 5) is 10.8. The minimum absolute atomic E-state index is 0.0933. The molecule has 0 aliphatic carbocycles. The molecule has 0 radical (unpaired) electrons. The number of carbonyl (C=O) groups excluding carboxylic acids is 1. The predicted molar refractivity (Wildman–Crippen MR) is 45.5 cm³/mol.